The lowest BCUT2D eigenvalue weighted by Gasteiger charge is -2.51. The number of carbonyl (C=O) groups excluding carboxylic acids is 1. The predicted molar refractivity (Wildman–Crippen MR) is 104 cm³/mol. The molecule has 0 bridgehead atoms. The molecular weight excluding hydrogens is 324 g/mol. The summed E-state index contributed by atoms with van der Waals surface area (Å²) < 4.78 is 5.53. The van der Waals surface area contributed by atoms with E-state index in [0.717, 1.165) is 31.2 Å². The van der Waals surface area contributed by atoms with E-state index in [2.05, 4.69) is 26.8 Å². The van der Waals surface area contributed by atoms with Gasteiger partial charge in [-0.1, -0.05) is 57.2 Å². The van der Waals surface area contributed by atoms with Crippen LogP contribution in [0.5, 0.6) is 0 Å². The number of rotatable bonds is 5. The lowest BCUT2D eigenvalue weighted by atomic mass is 9.58. The van der Waals surface area contributed by atoms with Gasteiger partial charge >= 0.3 is 5.97 Å². The van der Waals surface area contributed by atoms with E-state index in [1.807, 2.05) is 30.3 Å². The third-order valence-electron chi connectivity index (χ3n) is 6.59. The molecule has 142 valence electrons. The number of aliphatic hydroxyl groups is 1. The molecule has 3 heteroatoms. The van der Waals surface area contributed by atoms with E-state index in [1.165, 1.54) is 5.57 Å². The smallest absolute Gasteiger partial charge is 0.310 e. The molecule has 1 saturated carbocycles. The van der Waals surface area contributed by atoms with E-state index < -0.39 is 5.60 Å². The maximum absolute atomic E-state index is 12.1. The Hall–Kier alpha value is -1.61. The Morgan fingerprint density at radius 2 is 2.00 bits per heavy atom. The highest BCUT2D eigenvalue weighted by atomic mass is 16.5. The van der Waals surface area contributed by atoms with Gasteiger partial charge in [0, 0.05) is 5.92 Å². The Labute approximate surface area is 157 Å². The SMILES string of the molecule is CC1CCC(O)(C(C)C)C2C=C(COC(=O)Cc3ccccc3)CCC12. The van der Waals surface area contributed by atoms with E-state index in [-0.39, 0.29) is 17.8 Å². The van der Waals surface area contributed by atoms with Gasteiger partial charge in [0.15, 0.2) is 0 Å². The maximum Gasteiger partial charge on any atom is 0.310 e. The van der Waals surface area contributed by atoms with Gasteiger partial charge in [-0.25, -0.2) is 0 Å². The van der Waals surface area contributed by atoms with Gasteiger partial charge < -0.3 is 9.84 Å². The number of hydrogen-bond donors (Lipinski definition) is 1. The van der Waals surface area contributed by atoms with E-state index >= 15 is 0 Å². The van der Waals surface area contributed by atoms with Gasteiger partial charge in [0.1, 0.15) is 6.61 Å². The first-order valence-corrected chi connectivity index (χ1v) is 10.0. The highest BCUT2D eigenvalue weighted by Gasteiger charge is 2.48. The summed E-state index contributed by atoms with van der Waals surface area (Å²) in [5.41, 5.74) is 1.52. The molecule has 0 heterocycles. The molecule has 1 N–H and O–H groups in total. The zero-order valence-electron chi connectivity index (χ0n) is 16.3. The van der Waals surface area contributed by atoms with Crippen LogP contribution in [0.3, 0.4) is 0 Å². The molecular formula is C23H32O3. The van der Waals surface area contributed by atoms with E-state index in [9.17, 15) is 9.90 Å². The molecule has 1 aromatic carbocycles. The average Bonchev–Trinajstić information content (AvgIpc) is 2.64. The molecule has 4 unspecified atom stereocenters. The Morgan fingerprint density at radius 3 is 2.69 bits per heavy atom. The molecule has 0 amide bonds. The maximum atomic E-state index is 12.1. The number of hydrogen-bond acceptors (Lipinski definition) is 3. The minimum absolute atomic E-state index is 0.183. The number of carbonyl (C=O) groups is 1. The first-order chi connectivity index (χ1) is 12.4. The second-order valence-electron chi connectivity index (χ2n) is 8.54. The minimum Gasteiger partial charge on any atom is -0.461 e. The van der Waals surface area contributed by atoms with Crippen LogP contribution in [0.25, 0.3) is 0 Å². The third kappa shape index (κ3) is 4.03. The van der Waals surface area contributed by atoms with Crippen molar-refractivity contribution in [3.8, 4) is 0 Å². The highest BCUT2D eigenvalue weighted by molar-refractivity contribution is 5.72. The van der Waals surface area contributed by atoms with Crippen molar-refractivity contribution in [1.82, 2.24) is 0 Å². The fourth-order valence-electron chi connectivity index (χ4n) is 4.77. The highest BCUT2D eigenvalue weighted by Crippen LogP contribution is 2.50. The molecule has 26 heavy (non-hydrogen) atoms. The predicted octanol–water partition coefficient (Wildman–Crippen LogP) is 4.54. The third-order valence-corrected chi connectivity index (χ3v) is 6.59. The van der Waals surface area contributed by atoms with Crippen LogP contribution in [0.2, 0.25) is 0 Å². The molecule has 0 saturated heterocycles. The van der Waals surface area contributed by atoms with Gasteiger partial charge in [0.2, 0.25) is 0 Å². The second-order valence-corrected chi connectivity index (χ2v) is 8.54. The Balaban J connectivity index is 1.64. The van der Waals surface area contributed by atoms with Gasteiger partial charge in [0.05, 0.1) is 12.0 Å². The molecule has 0 aliphatic heterocycles. The summed E-state index contributed by atoms with van der Waals surface area (Å²) in [7, 11) is 0. The normalized spacial score (nSPS) is 31.3. The fourth-order valence-corrected chi connectivity index (χ4v) is 4.77. The summed E-state index contributed by atoms with van der Waals surface area (Å²) in [5.74, 6) is 1.43. The van der Waals surface area contributed by atoms with E-state index in [1.54, 1.807) is 0 Å². The van der Waals surface area contributed by atoms with Crippen LogP contribution in [-0.4, -0.2) is 23.3 Å². The van der Waals surface area contributed by atoms with E-state index in [4.69, 9.17) is 4.74 Å². The lowest BCUT2D eigenvalue weighted by molar-refractivity contribution is -0.142. The van der Waals surface area contributed by atoms with Crippen molar-refractivity contribution in [3.05, 3.63) is 47.5 Å². The largest absolute Gasteiger partial charge is 0.461 e. The van der Waals surface area contributed by atoms with Crippen molar-refractivity contribution in [3.63, 3.8) is 0 Å². The molecule has 4 atom stereocenters. The molecule has 1 aromatic rings. The minimum atomic E-state index is -0.628. The molecule has 3 rings (SSSR count). The quantitative estimate of drug-likeness (QED) is 0.622. The summed E-state index contributed by atoms with van der Waals surface area (Å²) in [5, 5.41) is 11.3. The van der Waals surface area contributed by atoms with Gasteiger partial charge in [-0.2, -0.15) is 0 Å². The molecule has 0 radical (unpaired) electrons. The summed E-state index contributed by atoms with van der Waals surface area (Å²) in [6.07, 6.45) is 6.57. The Kier molecular flexibility index (Phi) is 5.86. The monoisotopic (exact) mass is 356 g/mol. The Bertz CT molecular complexity index is 649. The zero-order valence-corrected chi connectivity index (χ0v) is 16.3. The van der Waals surface area contributed by atoms with Crippen LogP contribution >= 0.6 is 0 Å². The lowest BCUT2D eigenvalue weighted by Crippen LogP contribution is -2.51. The van der Waals surface area contributed by atoms with Crippen molar-refractivity contribution < 1.29 is 14.6 Å². The van der Waals surface area contributed by atoms with Crippen LogP contribution in [-0.2, 0) is 16.0 Å². The number of ether oxygens (including phenoxy) is 1. The van der Waals surface area contributed by atoms with Gasteiger partial charge in [-0.05, 0) is 54.6 Å². The summed E-state index contributed by atoms with van der Waals surface area (Å²) >= 11 is 0. The van der Waals surface area contributed by atoms with E-state index in [0.29, 0.717) is 24.9 Å². The second kappa shape index (κ2) is 7.96. The summed E-state index contributed by atoms with van der Waals surface area (Å²) in [6.45, 7) is 6.91. The standard InChI is InChI=1S/C23H32O3/c1-16(2)23(25)12-11-17(3)20-10-9-19(13-21(20)23)15-26-22(24)14-18-7-5-4-6-8-18/h4-8,13,16-17,20-21,25H,9-12,14-15H2,1-3H3. The van der Waals surface area contributed by atoms with Crippen molar-refractivity contribution in [2.75, 3.05) is 6.61 Å². The summed E-state index contributed by atoms with van der Waals surface area (Å²) in [4.78, 5) is 12.1. The molecule has 0 spiro atoms. The number of benzene rings is 1. The average molecular weight is 357 g/mol. The van der Waals surface area contributed by atoms with Gasteiger partial charge in [-0.15, -0.1) is 0 Å². The molecule has 3 nitrogen and oxygen atoms in total. The topological polar surface area (TPSA) is 46.5 Å². The first-order valence-electron chi connectivity index (χ1n) is 10.0. The molecule has 2 aliphatic carbocycles. The number of fused-ring (bicyclic) bond motifs is 1. The van der Waals surface area contributed by atoms with Crippen LogP contribution in [0, 0.1) is 23.7 Å². The van der Waals surface area contributed by atoms with Crippen molar-refractivity contribution in [2.45, 2.75) is 58.5 Å². The molecule has 1 fully saturated rings. The first kappa shape index (κ1) is 19.2. The van der Waals surface area contributed by atoms with Crippen molar-refractivity contribution in [2.24, 2.45) is 23.7 Å². The number of esters is 1. The summed E-state index contributed by atoms with van der Waals surface area (Å²) in [6, 6.07) is 9.70. The Morgan fingerprint density at radius 1 is 1.27 bits per heavy atom. The van der Waals surface area contributed by atoms with Gasteiger partial charge in [-0.3, -0.25) is 4.79 Å². The van der Waals surface area contributed by atoms with Crippen molar-refractivity contribution >= 4 is 5.97 Å². The molecule has 0 aromatic heterocycles. The van der Waals surface area contributed by atoms with Crippen LogP contribution < -0.4 is 0 Å². The molecule has 2 aliphatic rings. The fraction of sp³-hybridized carbons (Fsp3) is 0.609. The van der Waals surface area contributed by atoms with Crippen LogP contribution in [0.1, 0.15) is 52.0 Å². The van der Waals surface area contributed by atoms with Crippen LogP contribution in [0.4, 0.5) is 0 Å². The van der Waals surface area contributed by atoms with Crippen molar-refractivity contribution in [1.29, 1.82) is 0 Å². The zero-order chi connectivity index (χ0) is 18.7. The van der Waals surface area contributed by atoms with Gasteiger partial charge in [0.25, 0.3) is 0 Å². The van der Waals surface area contributed by atoms with Crippen LogP contribution in [0.15, 0.2) is 42.0 Å².